The van der Waals surface area contributed by atoms with Gasteiger partial charge in [-0.1, -0.05) is 35.9 Å². The van der Waals surface area contributed by atoms with Crippen molar-refractivity contribution >= 4 is 41.0 Å². The number of amides is 3. The van der Waals surface area contributed by atoms with Gasteiger partial charge in [0.15, 0.2) is 0 Å². The second-order valence-corrected chi connectivity index (χ2v) is 6.11. The van der Waals surface area contributed by atoms with Gasteiger partial charge in [-0.25, -0.2) is 4.79 Å². The van der Waals surface area contributed by atoms with Crippen molar-refractivity contribution in [3.05, 3.63) is 65.2 Å². The minimum absolute atomic E-state index is 0.0177. The minimum Gasteiger partial charge on any atom is -0.336 e. The van der Waals surface area contributed by atoms with Gasteiger partial charge >= 0.3 is 6.03 Å². The van der Waals surface area contributed by atoms with E-state index in [4.69, 9.17) is 11.6 Å². The summed E-state index contributed by atoms with van der Waals surface area (Å²) in [5.41, 5.74) is 1.91. The van der Waals surface area contributed by atoms with Gasteiger partial charge < -0.3 is 16.0 Å². The number of para-hydroxylation sites is 2. The van der Waals surface area contributed by atoms with Crippen LogP contribution in [0.2, 0.25) is 5.02 Å². The van der Waals surface area contributed by atoms with E-state index in [9.17, 15) is 9.59 Å². The zero-order chi connectivity index (χ0) is 18.2. The molecule has 0 heterocycles. The number of nitrogens with one attached hydrogen (secondary N) is 3. The molecule has 3 N–H and O–H groups in total. The predicted octanol–water partition coefficient (Wildman–Crippen LogP) is 4.52. The Morgan fingerprint density at radius 1 is 0.960 bits per heavy atom. The average molecular weight is 358 g/mol. The highest BCUT2D eigenvalue weighted by Crippen LogP contribution is 2.21. The standard InChI is InChI=1S/C19H20ClN3O2/c1-13(2)21-19(25)23-17-6-4-3-5-16(17)22-18(24)12-9-14-7-10-15(20)11-8-14/h3-13H,1-2H3,(H,22,24)(H2,21,23,25). The first-order valence-corrected chi connectivity index (χ1v) is 8.23. The number of anilines is 2. The van der Waals surface area contributed by atoms with Gasteiger partial charge in [0.2, 0.25) is 5.91 Å². The van der Waals surface area contributed by atoms with Gasteiger partial charge in [0.1, 0.15) is 0 Å². The van der Waals surface area contributed by atoms with Gasteiger partial charge in [-0.2, -0.15) is 0 Å². The fourth-order valence-corrected chi connectivity index (χ4v) is 2.17. The Kier molecular flexibility index (Phi) is 6.60. The van der Waals surface area contributed by atoms with Crippen LogP contribution >= 0.6 is 11.6 Å². The summed E-state index contributed by atoms with van der Waals surface area (Å²) in [6.45, 7) is 3.74. The normalized spacial score (nSPS) is 10.7. The summed E-state index contributed by atoms with van der Waals surface area (Å²) in [6.07, 6.45) is 3.11. The van der Waals surface area contributed by atoms with E-state index in [1.807, 2.05) is 26.0 Å². The van der Waals surface area contributed by atoms with Crippen LogP contribution in [0, 0.1) is 0 Å². The maximum atomic E-state index is 12.1. The Bertz CT molecular complexity index is 770. The first-order valence-electron chi connectivity index (χ1n) is 7.85. The summed E-state index contributed by atoms with van der Waals surface area (Å²) in [7, 11) is 0. The molecule has 0 saturated carbocycles. The second kappa shape index (κ2) is 8.89. The van der Waals surface area contributed by atoms with Crippen molar-refractivity contribution in [3.63, 3.8) is 0 Å². The van der Waals surface area contributed by atoms with Gasteiger partial charge in [-0.05, 0) is 49.8 Å². The molecule has 0 aliphatic carbocycles. The zero-order valence-electron chi connectivity index (χ0n) is 14.0. The number of benzene rings is 2. The number of hydrogen-bond acceptors (Lipinski definition) is 2. The molecule has 0 atom stereocenters. The number of urea groups is 1. The van der Waals surface area contributed by atoms with Gasteiger partial charge in [-0.15, -0.1) is 0 Å². The highest BCUT2D eigenvalue weighted by Gasteiger charge is 2.08. The summed E-state index contributed by atoms with van der Waals surface area (Å²) >= 11 is 5.83. The molecule has 0 radical (unpaired) electrons. The molecule has 2 aromatic carbocycles. The summed E-state index contributed by atoms with van der Waals surface area (Å²) in [5, 5.41) is 8.86. The summed E-state index contributed by atoms with van der Waals surface area (Å²) in [6, 6.07) is 13.8. The van der Waals surface area contributed by atoms with Crippen LogP contribution in [0.1, 0.15) is 19.4 Å². The van der Waals surface area contributed by atoms with Crippen molar-refractivity contribution in [2.75, 3.05) is 10.6 Å². The summed E-state index contributed by atoms with van der Waals surface area (Å²) < 4.78 is 0. The van der Waals surface area contributed by atoms with Crippen LogP contribution in [0.15, 0.2) is 54.6 Å². The maximum Gasteiger partial charge on any atom is 0.319 e. The molecule has 0 aliphatic rings. The van der Waals surface area contributed by atoms with Gasteiger partial charge in [-0.3, -0.25) is 4.79 Å². The molecule has 25 heavy (non-hydrogen) atoms. The zero-order valence-corrected chi connectivity index (χ0v) is 14.8. The van der Waals surface area contributed by atoms with Crippen molar-refractivity contribution in [3.8, 4) is 0 Å². The lowest BCUT2D eigenvalue weighted by Crippen LogP contribution is -2.34. The smallest absolute Gasteiger partial charge is 0.319 e. The van der Waals surface area contributed by atoms with Gasteiger partial charge in [0.25, 0.3) is 0 Å². The Morgan fingerprint density at radius 3 is 2.16 bits per heavy atom. The van der Waals surface area contributed by atoms with Gasteiger partial charge in [0.05, 0.1) is 11.4 Å². The van der Waals surface area contributed by atoms with Crippen molar-refractivity contribution in [1.29, 1.82) is 0 Å². The van der Waals surface area contributed by atoms with E-state index in [2.05, 4.69) is 16.0 Å². The van der Waals surface area contributed by atoms with Crippen LogP contribution < -0.4 is 16.0 Å². The molecule has 0 bridgehead atoms. The molecule has 0 unspecified atom stereocenters. The topological polar surface area (TPSA) is 70.2 Å². The molecule has 0 aliphatic heterocycles. The van der Waals surface area contributed by atoms with Crippen LogP contribution in [-0.4, -0.2) is 18.0 Å². The largest absolute Gasteiger partial charge is 0.336 e. The van der Waals surface area contributed by atoms with Crippen molar-refractivity contribution in [1.82, 2.24) is 5.32 Å². The monoisotopic (exact) mass is 357 g/mol. The first-order chi connectivity index (χ1) is 11.9. The molecule has 130 valence electrons. The SMILES string of the molecule is CC(C)NC(=O)Nc1ccccc1NC(=O)C=Cc1ccc(Cl)cc1. The Hall–Kier alpha value is -2.79. The molecule has 2 aromatic rings. The molecule has 2 rings (SSSR count). The molecule has 0 aromatic heterocycles. The number of halogens is 1. The van der Waals surface area contributed by atoms with Crippen LogP contribution in [0.3, 0.4) is 0 Å². The summed E-state index contributed by atoms with van der Waals surface area (Å²) in [4.78, 5) is 24.0. The third kappa shape index (κ3) is 6.31. The van der Waals surface area contributed by atoms with Crippen LogP contribution in [0.25, 0.3) is 6.08 Å². The van der Waals surface area contributed by atoms with E-state index in [1.54, 1.807) is 42.5 Å². The fraction of sp³-hybridized carbons (Fsp3) is 0.158. The number of rotatable bonds is 5. The lowest BCUT2D eigenvalue weighted by atomic mass is 10.2. The lowest BCUT2D eigenvalue weighted by Gasteiger charge is -2.13. The van der Waals surface area contributed by atoms with Crippen molar-refractivity contribution in [2.24, 2.45) is 0 Å². The van der Waals surface area contributed by atoms with E-state index >= 15 is 0 Å². The Labute approximate surface area is 152 Å². The molecule has 0 fully saturated rings. The highest BCUT2D eigenvalue weighted by molar-refractivity contribution is 6.30. The van der Waals surface area contributed by atoms with E-state index in [-0.39, 0.29) is 18.0 Å². The van der Waals surface area contributed by atoms with Crippen LogP contribution in [0.5, 0.6) is 0 Å². The third-order valence-electron chi connectivity index (χ3n) is 3.15. The van der Waals surface area contributed by atoms with E-state index in [0.717, 1.165) is 5.56 Å². The van der Waals surface area contributed by atoms with Crippen LogP contribution in [0.4, 0.5) is 16.2 Å². The minimum atomic E-state index is -0.326. The Balaban J connectivity index is 2.03. The third-order valence-corrected chi connectivity index (χ3v) is 3.40. The molecule has 6 heteroatoms. The quantitative estimate of drug-likeness (QED) is 0.688. The summed E-state index contributed by atoms with van der Waals surface area (Å²) in [5.74, 6) is -0.298. The predicted molar refractivity (Wildman–Crippen MR) is 103 cm³/mol. The number of carbonyl (C=O) groups excluding carboxylic acids is 2. The van der Waals surface area contributed by atoms with E-state index in [0.29, 0.717) is 16.4 Å². The molecular formula is C19H20ClN3O2. The molecule has 0 spiro atoms. The fourth-order valence-electron chi connectivity index (χ4n) is 2.04. The first kappa shape index (κ1) is 18.5. The average Bonchev–Trinajstić information content (AvgIpc) is 2.55. The molecule has 5 nitrogen and oxygen atoms in total. The van der Waals surface area contributed by atoms with Gasteiger partial charge in [0, 0.05) is 17.1 Å². The van der Waals surface area contributed by atoms with E-state index < -0.39 is 0 Å². The van der Waals surface area contributed by atoms with Crippen LogP contribution in [-0.2, 0) is 4.79 Å². The molecule has 0 saturated heterocycles. The van der Waals surface area contributed by atoms with E-state index in [1.165, 1.54) is 6.08 Å². The van der Waals surface area contributed by atoms with Crippen molar-refractivity contribution in [2.45, 2.75) is 19.9 Å². The maximum absolute atomic E-state index is 12.1. The lowest BCUT2D eigenvalue weighted by molar-refractivity contribution is -0.111. The second-order valence-electron chi connectivity index (χ2n) is 5.67. The number of carbonyl (C=O) groups is 2. The molecular weight excluding hydrogens is 338 g/mol. The molecule has 3 amide bonds. The van der Waals surface area contributed by atoms with Crippen molar-refractivity contribution < 1.29 is 9.59 Å². The Morgan fingerprint density at radius 2 is 1.56 bits per heavy atom. The number of hydrogen-bond donors (Lipinski definition) is 3. The highest BCUT2D eigenvalue weighted by atomic mass is 35.5.